The van der Waals surface area contributed by atoms with Gasteiger partial charge < -0.3 is 10.2 Å². The monoisotopic (exact) mass is 313 g/mol. The van der Waals surface area contributed by atoms with E-state index in [0.29, 0.717) is 4.90 Å². The van der Waals surface area contributed by atoms with E-state index in [1.54, 1.807) is 0 Å². The lowest BCUT2D eigenvalue weighted by molar-refractivity contribution is -0.142. The van der Waals surface area contributed by atoms with E-state index < -0.39 is 66.2 Å². The van der Waals surface area contributed by atoms with Crippen molar-refractivity contribution in [2.24, 2.45) is 0 Å². The van der Waals surface area contributed by atoms with E-state index in [0.717, 1.165) is 0 Å². The number of carboxylic acid groups (broad SMARTS) is 2. The Hall–Kier alpha value is -2.23. The normalized spacial score (nSPS) is 11.0. The van der Waals surface area contributed by atoms with Crippen molar-refractivity contribution in [3.8, 4) is 0 Å². The fraction of sp³-hybridized carbons (Fsp3) is 0.273. The molecule has 2 N–H and O–H groups in total. The van der Waals surface area contributed by atoms with Gasteiger partial charge in [0.05, 0.1) is 13.1 Å². The van der Waals surface area contributed by atoms with Crippen molar-refractivity contribution >= 4 is 11.9 Å². The summed E-state index contributed by atoms with van der Waals surface area (Å²) >= 11 is 0. The Kier molecular flexibility index (Phi) is 5.19. The number of carbonyl (C=O) groups is 2. The van der Waals surface area contributed by atoms with Gasteiger partial charge in [0.2, 0.25) is 5.82 Å². The topological polar surface area (TPSA) is 77.8 Å². The highest BCUT2D eigenvalue weighted by Gasteiger charge is 2.27. The summed E-state index contributed by atoms with van der Waals surface area (Å²) in [5, 5.41) is 17.1. The van der Waals surface area contributed by atoms with Crippen LogP contribution in [0.25, 0.3) is 0 Å². The van der Waals surface area contributed by atoms with Gasteiger partial charge in [0, 0.05) is 12.1 Å². The Morgan fingerprint density at radius 2 is 1.10 bits per heavy atom. The van der Waals surface area contributed by atoms with Gasteiger partial charge >= 0.3 is 11.9 Å². The third kappa shape index (κ3) is 3.88. The first kappa shape index (κ1) is 16.8. The van der Waals surface area contributed by atoms with Crippen LogP contribution in [0.3, 0.4) is 0 Å². The molecule has 116 valence electrons. The van der Waals surface area contributed by atoms with Crippen LogP contribution < -0.4 is 0 Å². The Balaban J connectivity index is 3.20. The lowest BCUT2D eigenvalue weighted by Crippen LogP contribution is -2.34. The number of halogens is 5. The molecule has 0 aliphatic carbocycles. The summed E-state index contributed by atoms with van der Waals surface area (Å²) < 4.78 is 65.5. The van der Waals surface area contributed by atoms with Gasteiger partial charge in [0.15, 0.2) is 23.3 Å². The molecule has 0 atom stereocenters. The summed E-state index contributed by atoms with van der Waals surface area (Å²) in [6.07, 6.45) is 0. The van der Waals surface area contributed by atoms with E-state index in [1.165, 1.54) is 0 Å². The molecule has 0 amide bonds. The van der Waals surface area contributed by atoms with Crippen molar-refractivity contribution < 1.29 is 41.8 Å². The predicted molar refractivity (Wildman–Crippen MR) is 56.8 cm³/mol. The predicted octanol–water partition coefficient (Wildman–Crippen LogP) is 1.35. The molecule has 10 heteroatoms. The molecule has 0 aliphatic rings. The van der Waals surface area contributed by atoms with Gasteiger partial charge in [-0.05, 0) is 0 Å². The van der Waals surface area contributed by atoms with Crippen molar-refractivity contribution in [3.05, 3.63) is 34.6 Å². The molecule has 0 aromatic heterocycles. The third-order valence-corrected chi connectivity index (χ3v) is 2.40. The summed E-state index contributed by atoms with van der Waals surface area (Å²) in [6, 6.07) is 0. The lowest BCUT2D eigenvalue weighted by Gasteiger charge is -2.19. The number of aliphatic carboxylic acids is 2. The van der Waals surface area contributed by atoms with E-state index in [-0.39, 0.29) is 0 Å². The lowest BCUT2D eigenvalue weighted by atomic mass is 10.1. The Morgan fingerprint density at radius 1 is 0.762 bits per heavy atom. The number of rotatable bonds is 6. The molecule has 0 spiro atoms. The van der Waals surface area contributed by atoms with Crippen LogP contribution in [0.4, 0.5) is 22.0 Å². The summed E-state index contributed by atoms with van der Waals surface area (Å²) in [4.78, 5) is 21.5. The summed E-state index contributed by atoms with van der Waals surface area (Å²) in [5.74, 6) is -14.0. The second-order valence-electron chi connectivity index (χ2n) is 3.98. The number of nitrogens with zero attached hydrogens (tertiary/aromatic N) is 1. The fourth-order valence-corrected chi connectivity index (χ4v) is 1.56. The first-order chi connectivity index (χ1) is 9.65. The van der Waals surface area contributed by atoms with Crippen LogP contribution in [0.15, 0.2) is 0 Å². The molecular formula is C11H8F5NO4. The van der Waals surface area contributed by atoms with Gasteiger partial charge in [0.25, 0.3) is 0 Å². The maximum Gasteiger partial charge on any atom is 0.317 e. The van der Waals surface area contributed by atoms with Crippen LogP contribution in [0.2, 0.25) is 0 Å². The van der Waals surface area contributed by atoms with Crippen molar-refractivity contribution in [1.29, 1.82) is 0 Å². The van der Waals surface area contributed by atoms with Gasteiger partial charge in [-0.2, -0.15) is 0 Å². The van der Waals surface area contributed by atoms with Crippen LogP contribution in [0, 0.1) is 29.1 Å². The smallest absolute Gasteiger partial charge is 0.317 e. The summed E-state index contributed by atoms with van der Waals surface area (Å²) in [5.41, 5.74) is -1.30. The zero-order valence-electron chi connectivity index (χ0n) is 10.2. The molecule has 0 heterocycles. The fourth-order valence-electron chi connectivity index (χ4n) is 1.56. The Morgan fingerprint density at radius 3 is 1.43 bits per heavy atom. The molecule has 0 fully saturated rings. The van der Waals surface area contributed by atoms with E-state index >= 15 is 0 Å². The molecule has 1 aromatic rings. The molecule has 0 bridgehead atoms. The Bertz CT molecular complexity index is 547. The summed E-state index contributed by atoms with van der Waals surface area (Å²) in [7, 11) is 0. The minimum atomic E-state index is -2.35. The molecule has 1 aromatic carbocycles. The maximum absolute atomic E-state index is 13.4. The van der Waals surface area contributed by atoms with Crippen molar-refractivity contribution in [3.63, 3.8) is 0 Å². The molecule has 0 saturated carbocycles. The van der Waals surface area contributed by atoms with Gasteiger partial charge in [0.1, 0.15) is 0 Å². The molecule has 1 rings (SSSR count). The van der Waals surface area contributed by atoms with E-state index in [1.807, 2.05) is 0 Å². The SMILES string of the molecule is O=C(O)CN(CC(=O)O)Cc1c(F)c(F)c(F)c(F)c1F. The van der Waals surface area contributed by atoms with Crippen LogP contribution in [0.5, 0.6) is 0 Å². The van der Waals surface area contributed by atoms with Crippen molar-refractivity contribution in [1.82, 2.24) is 4.90 Å². The standard InChI is InChI=1S/C11H8F5NO4/c12-7-4(8(13)10(15)11(16)9(7)14)1-17(2-5(18)19)3-6(20)21/h1-3H2,(H,18,19)(H,20,21). The first-order valence-electron chi connectivity index (χ1n) is 5.31. The first-order valence-corrected chi connectivity index (χ1v) is 5.31. The van der Waals surface area contributed by atoms with Gasteiger partial charge in [-0.1, -0.05) is 0 Å². The molecular weight excluding hydrogens is 305 g/mol. The molecule has 0 aliphatic heterocycles. The zero-order valence-corrected chi connectivity index (χ0v) is 10.2. The second-order valence-corrected chi connectivity index (χ2v) is 3.98. The van der Waals surface area contributed by atoms with Crippen LogP contribution in [0.1, 0.15) is 5.56 Å². The van der Waals surface area contributed by atoms with E-state index in [4.69, 9.17) is 10.2 Å². The summed E-state index contributed by atoms with van der Waals surface area (Å²) in [6.45, 7) is -2.97. The number of carboxylic acids is 2. The van der Waals surface area contributed by atoms with Crippen LogP contribution in [-0.2, 0) is 16.1 Å². The molecule has 5 nitrogen and oxygen atoms in total. The number of benzene rings is 1. The molecule has 0 saturated heterocycles. The van der Waals surface area contributed by atoms with Gasteiger partial charge in [-0.15, -0.1) is 0 Å². The Labute approximate surface area is 114 Å². The third-order valence-electron chi connectivity index (χ3n) is 2.40. The van der Waals surface area contributed by atoms with Gasteiger partial charge in [-0.3, -0.25) is 14.5 Å². The van der Waals surface area contributed by atoms with Crippen molar-refractivity contribution in [2.45, 2.75) is 6.54 Å². The number of hydrogen-bond acceptors (Lipinski definition) is 3. The van der Waals surface area contributed by atoms with Crippen LogP contribution in [-0.4, -0.2) is 40.1 Å². The average molecular weight is 313 g/mol. The highest BCUT2D eigenvalue weighted by molar-refractivity contribution is 5.72. The molecule has 21 heavy (non-hydrogen) atoms. The minimum Gasteiger partial charge on any atom is -0.480 e. The van der Waals surface area contributed by atoms with Crippen molar-refractivity contribution in [2.75, 3.05) is 13.1 Å². The van der Waals surface area contributed by atoms with Crippen LogP contribution >= 0.6 is 0 Å². The zero-order chi connectivity index (χ0) is 16.3. The largest absolute Gasteiger partial charge is 0.480 e. The average Bonchev–Trinajstić information content (AvgIpc) is 2.37. The van der Waals surface area contributed by atoms with E-state index in [2.05, 4.69) is 0 Å². The quantitative estimate of drug-likeness (QED) is 0.471. The van der Waals surface area contributed by atoms with Gasteiger partial charge in [-0.25, -0.2) is 22.0 Å². The highest BCUT2D eigenvalue weighted by atomic mass is 19.2. The molecule has 0 radical (unpaired) electrons. The second kappa shape index (κ2) is 6.48. The number of hydrogen-bond donors (Lipinski definition) is 2. The molecule has 0 unspecified atom stereocenters. The van der Waals surface area contributed by atoms with E-state index in [9.17, 15) is 31.5 Å². The highest BCUT2D eigenvalue weighted by Crippen LogP contribution is 2.24. The maximum atomic E-state index is 13.4. The minimum absolute atomic E-state index is 0.503.